The molecule has 0 aliphatic carbocycles. The highest BCUT2D eigenvalue weighted by Crippen LogP contribution is 2.23. The zero-order valence-electron chi connectivity index (χ0n) is 14.7. The summed E-state index contributed by atoms with van der Waals surface area (Å²) in [5.41, 5.74) is 1.60. The molecule has 1 amide bonds. The number of carbonyl (C=O) groups excluding carboxylic acids is 2. The van der Waals surface area contributed by atoms with E-state index in [1.807, 2.05) is 60.7 Å². The first-order valence-electron chi connectivity index (χ1n) is 9.01. The van der Waals surface area contributed by atoms with E-state index in [2.05, 4.69) is 0 Å². The molecule has 0 unspecified atom stereocenters. The van der Waals surface area contributed by atoms with Gasteiger partial charge in [-0.3, -0.25) is 4.79 Å². The highest BCUT2D eigenvalue weighted by Gasteiger charge is 2.29. The Morgan fingerprint density at radius 1 is 0.885 bits per heavy atom. The van der Waals surface area contributed by atoms with Gasteiger partial charge in [0.1, 0.15) is 0 Å². The molecule has 26 heavy (non-hydrogen) atoms. The van der Waals surface area contributed by atoms with Crippen molar-refractivity contribution >= 4 is 18.0 Å². The Morgan fingerprint density at radius 2 is 1.50 bits per heavy atom. The van der Waals surface area contributed by atoms with Crippen molar-refractivity contribution in [3.05, 3.63) is 77.9 Å². The molecule has 0 bridgehead atoms. The number of amides is 1. The molecule has 1 atom stereocenters. The molecule has 0 aromatic heterocycles. The van der Waals surface area contributed by atoms with Gasteiger partial charge in [0.05, 0.1) is 0 Å². The van der Waals surface area contributed by atoms with Crippen LogP contribution in [0.3, 0.4) is 0 Å². The van der Waals surface area contributed by atoms with Crippen LogP contribution in [0, 0.1) is 0 Å². The van der Waals surface area contributed by atoms with Gasteiger partial charge in [0, 0.05) is 24.7 Å². The topological polar surface area (TPSA) is 46.6 Å². The quantitative estimate of drug-likeness (QED) is 0.605. The second-order valence-corrected chi connectivity index (χ2v) is 6.36. The van der Waals surface area contributed by atoms with Crippen molar-refractivity contribution in [3.8, 4) is 0 Å². The van der Waals surface area contributed by atoms with Gasteiger partial charge in [-0.15, -0.1) is 0 Å². The van der Waals surface area contributed by atoms with E-state index in [0.717, 1.165) is 37.9 Å². The number of likely N-dealkylation sites (tertiary alicyclic amines) is 1. The van der Waals surface area contributed by atoms with E-state index in [1.54, 1.807) is 11.0 Å². The van der Waals surface area contributed by atoms with Gasteiger partial charge in [-0.25, -0.2) is 4.79 Å². The fraction of sp³-hybridized carbons (Fsp3) is 0.273. The highest BCUT2D eigenvalue weighted by molar-refractivity contribution is 5.91. The monoisotopic (exact) mass is 349 g/mol. The van der Waals surface area contributed by atoms with Crippen molar-refractivity contribution in [2.45, 2.75) is 25.4 Å². The molecule has 4 nitrogen and oxygen atoms in total. The molecule has 1 heterocycles. The molecule has 0 saturated carbocycles. The van der Waals surface area contributed by atoms with Gasteiger partial charge in [0.15, 0.2) is 0 Å². The Labute approximate surface area is 154 Å². The van der Waals surface area contributed by atoms with Gasteiger partial charge in [-0.2, -0.15) is 0 Å². The third-order valence-electron chi connectivity index (χ3n) is 4.44. The molecule has 1 saturated heterocycles. The predicted molar refractivity (Wildman–Crippen MR) is 101 cm³/mol. The fourth-order valence-corrected chi connectivity index (χ4v) is 3.05. The Kier molecular flexibility index (Phi) is 6.20. The first kappa shape index (κ1) is 17.9. The second kappa shape index (κ2) is 8.99. The molecular weight excluding hydrogens is 326 g/mol. The van der Waals surface area contributed by atoms with E-state index < -0.39 is 12.1 Å². The lowest BCUT2D eigenvalue weighted by Gasteiger charge is -2.30. The third-order valence-corrected chi connectivity index (χ3v) is 4.44. The lowest BCUT2D eigenvalue weighted by molar-refractivity contribution is -0.157. The minimum absolute atomic E-state index is 0.141. The van der Waals surface area contributed by atoms with Crippen LogP contribution in [-0.4, -0.2) is 29.9 Å². The van der Waals surface area contributed by atoms with Crippen LogP contribution in [0.15, 0.2) is 66.7 Å². The lowest BCUT2D eigenvalue weighted by atomic mass is 10.1. The first-order chi connectivity index (χ1) is 12.7. The maximum atomic E-state index is 12.9. The molecule has 1 fully saturated rings. The standard InChI is InChI=1S/C22H23NO3/c24-20(15-14-18-10-4-1-5-11-18)26-21(19-12-6-2-7-13-19)22(25)23-16-8-3-9-17-23/h1-2,4-7,10-15,21H,3,8-9,16-17H2/b15-14+/t21-/m1/s1. The molecule has 134 valence electrons. The number of benzene rings is 2. The molecule has 4 heteroatoms. The number of esters is 1. The minimum Gasteiger partial charge on any atom is -0.444 e. The van der Waals surface area contributed by atoms with Crippen LogP contribution in [0.4, 0.5) is 0 Å². The molecule has 0 spiro atoms. The van der Waals surface area contributed by atoms with Gasteiger partial charge in [0.2, 0.25) is 6.10 Å². The SMILES string of the molecule is O=C(/C=C/c1ccccc1)O[C@@H](C(=O)N1CCCCC1)c1ccccc1. The number of hydrogen-bond acceptors (Lipinski definition) is 3. The van der Waals surface area contributed by atoms with Gasteiger partial charge < -0.3 is 9.64 Å². The predicted octanol–water partition coefficient (Wildman–Crippen LogP) is 4.00. The smallest absolute Gasteiger partial charge is 0.331 e. The van der Waals surface area contributed by atoms with Crippen LogP contribution in [-0.2, 0) is 14.3 Å². The summed E-state index contributed by atoms with van der Waals surface area (Å²) in [4.78, 5) is 27.0. The van der Waals surface area contributed by atoms with E-state index in [9.17, 15) is 9.59 Å². The minimum atomic E-state index is -0.901. The summed E-state index contributed by atoms with van der Waals surface area (Å²) in [5, 5.41) is 0. The van der Waals surface area contributed by atoms with Crippen molar-refractivity contribution in [1.82, 2.24) is 4.90 Å². The van der Waals surface area contributed by atoms with E-state index in [4.69, 9.17) is 4.74 Å². The van der Waals surface area contributed by atoms with Gasteiger partial charge in [0.25, 0.3) is 5.91 Å². The Balaban J connectivity index is 1.74. The maximum absolute atomic E-state index is 12.9. The van der Waals surface area contributed by atoms with Crippen molar-refractivity contribution < 1.29 is 14.3 Å². The Hall–Kier alpha value is -2.88. The average Bonchev–Trinajstić information content (AvgIpc) is 2.72. The van der Waals surface area contributed by atoms with Crippen molar-refractivity contribution in [2.75, 3.05) is 13.1 Å². The average molecular weight is 349 g/mol. The molecular formula is C22H23NO3. The van der Waals surface area contributed by atoms with Gasteiger partial charge in [-0.1, -0.05) is 60.7 Å². The Bertz CT molecular complexity index is 749. The number of rotatable bonds is 5. The number of nitrogens with zero attached hydrogens (tertiary/aromatic N) is 1. The van der Waals surface area contributed by atoms with Crippen LogP contribution in [0.25, 0.3) is 6.08 Å². The second-order valence-electron chi connectivity index (χ2n) is 6.36. The lowest BCUT2D eigenvalue weighted by Crippen LogP contribution is -2.40. The molecule has 0 N–H and O–H groups in total. The zero-order valence-corrected chi connectivity index (χ0v) is 14.7. The van der Waals surface area contributed by atoms with E-state index in [1.165, 1.54) is 6.08 Å². The zero-order chi connectivity index (χ0) is 18.2. The van der Waals surface area contributed by atoms with Crippen molar-refractivity contribution in [3.63, 3.8) is 0 Å². The highest BCUT2D eigenvalue weighted by atomic mass is 16.5. The summed E-state index contributed by atoms with van der Waals surface area (Å²) in [6, 6.07) is 18.7. The third kappa shape index (κ3) is 4.82. The van der Waals surface area contributed by atoms with Crippen LogP contribution in [0.2, 0.25) is 0 Å². The van der Waals surface area contributed by atoms with E-state index in [0.29, 0.717) is 5.56 Å². The number of carbonyl (C=O) groups is 2. The number of piperidine rings is 1. The summed E-state index contributed by atoms with van der Waals surface area (Å²) < 4.78 is 5.56. The Morgan fingerprint density at radius 3 is 2.15 bits per heavy atom. The summed E-state index contributed by atoms with van der Waals surface area (Å²) >= 11 is 0. The van der Waals surface area contributed by atoms with Gasteiger partial charge >= 0.3 is 5.97 Å². The van der Waals surface area contributed by atoms with E-state index >= 15 is 0 Å². The van der Waals surface area contributed by atoms with Crippen LogP contribution in [0.5, 0.6) is 0 Å². The maximum Gasteiger partial charge on any atom is 0.331 e. The largest absolute Gasteiger partial charge is 0.444 e. The fourth-order valence-electron chi connectivity index (χ4n) is 3.05. The molecule has 2 aromatic rings. The summed E-state index contributed by atoms with van der Waals surface area (Å²) in [5.74, 6) is -0.662. The molecule has 1 aliphatic heterocycles. The summed E-state index contributed by atoms with van der Waals surface area (Å²) in [6.07, 6.45) is 5.29. The van der Waals surface area contributed by atoms with E-state index in [-0.39, 0.29) is 5.91 Å². The molecule has 3 rings (SSSR count). The first-order valence-corrected chi connectivity index (χ1v) is 9.01. The number of hydrogen-bond donors (Lipinski definition) is 0. The van der Waals surface area contributed by atoms with Gasteiger partial charge in [-0.05, 0) is 30.9 Å². The molecule has 1 aliphatic rings. The normalized spacial score (nSPS) is 15.6. The summed E-state index contributed by atoms with van der Waals surface area (Å²) in [7, 11) is 0. The van der Waals surface area contributed by atoms with Crippen molar-refractivity contribution in [1.29, 1.82) is 0 Å². The number of ether oxygens (including phenoxy) is 1. The van der Waals surface area contributed by atoms with Crippen LogP contribution >= 0.6 is 0 Å². The van der Waals surface area contributed by atoms with Crippen LogP contribution < -0.4 is 0 Å². The van der Waals surface area contributed by atoms with Crippen molar-refractivity contribution in [2.24, 2.45) is 0 Å². The molecule has 0 radical (unpaired) electrons. The van der Waals surface area contributed by atoms with Crippen LogP contribution in [0.1, 0.15) is 36.5 Å². The summed E-state index contributed by atoms with van der Waals surface area (Å²) in [6.45, 7) is 1.44. The molecule has 2 aromatic carbocycles.